The number of ether oxygens (including phenoxy) is 2. The molecular formula is C19H16F3N3O7. The number of carbonyl (C=O) groups excluding carboxylic acids is 3. The molecule has 10 nitrogen and oxygen atoms in total. The van der Waals surface area contributed by atoms with Crippen LogP contribution in [0.1, 0.15) is 6.92 Å². The Bertz CT molecular complexity index is 1050. The predicted octanol–water partition coefficient (Wildman–Crippen LogP) is 2.08. The van der Waals surface area contributed by atoms with Crippen molar-refractivity contribution in [3.05, 3.63) is 64.0 Å². The summed E-state index contributed by atoms with van der Waals surface area (Å²) in [5.74, 6) is -7.85. The summed E-state index contributed by atoms with van der Waals surface area (Å²) in [7, 11) is 0. The van der Waals surface area contributed by atoms with Crippen molar-refractivity contribution in [1.29, 1.82) is 0 Å². The second-order valence-electron chi connectivity index (χ2n) is 6.13. The fourth-order valence-corrected chi connectivity index (χ4v) is 2.28. The van der Waals surface area contributed by atoms with E-state index in [0.717, 1.165) is 6.07 Å². The normalized spacial score (nSPS) is 11.2. The molecule has 0 aliphatic carbocycles. The fourth-order valence-electron chi connectivity index (χ4n) is 2.28. The highest BCUT2D eigenvalue weighted by Gasteiger charge is 2.21. The van der Waals surface area contributed by atoms with Crippen LogP contribution in [-0.4, -0.2) is 42.0 Å². The molecule has 0 saturated carbocycles. The van der Waals surface area contributed by atoms with Crippen LogP contribution in [0.15, 0.2) is 36.4 Å². The Labute approximate surface area is 178 Å². The van der Waals surface area contributed by atoms with Crippen LogP contribution in [0.25, 0.3) is 0 Å². The lowest BCUT2D eigenvalue weighted by Gasteiger charge is -2.14. The summed E-state index contributed by atoms with van der Waals surface area (Å²) in [5.41, 5.74) is -0.996. The van der Waals surface area contributed by atoms with E-state index < -0.39 is 65.1 Å². The number of carbonyl (C=O) groups is 3. The molecule has 0 aromatic heterocycles. The van der Waals surface area contributed by atoms with Crippen molar-refractivity contribution in [3.63, 3.8) is 0 Å². The molecule has 0 spiro atoms. The van der Waals surface area contributed by atoms with Gasteiger partial charge in [0.2, 0.25) is 5.91 Å². The summed E-state index contributed by atoms with van der Waals surface area (Å²) >= 11 is 0. The van der Waals surface area contributed by atoms with Gasteiger partial charge in [0.25, 0.3) is 5.91 Å². The maximum Gasteiger partial charge on any atom is 0.344 e. The van der Waals surface area contributed by atoms with Gasteiger partial charge in [0, 0.05) is 6.07 Å². The maximum absolute atomic E-state index is 13.5. The summed E-state index contributed by atoms with van der Waals surface area (Å²) in [6.07, 6.45) is -1.37. The van der Waals surface area contributed by atoms with Gasteiger partial charge in [0.1, 0.15) is 0 Å². The SMILES string of the molecule is CC(OC(=O)COc1ccccc1[N+](=O)[O-])C(=O)NCC(=O)Nc1ccc(F)c(F)c1F. The predicted molar refractivity (Wildman–Crippen MR) is 102 cm³/mol. The summed E-state index contributed by atoms with van der Waals surface area (Å²) in [4.78, 5) is 45.7. The molecule has 0 fully saturated rings. The van der Waals surface area contributed by atoms with Crippen LogP contribution < -0.4 is 15.4 Å². The lowest BCUT2D eigenvalue weighted by Crippen LogP contribution is -2.40. The average molecular weight is 455 g/mol. The molecule has 32 heavy (non-hydrogen) atoms. The van der Waals surface area contributed by atoms with E-state index in [0.29, 0.717) is 6.07 Å². The van der Waals surface area contributed by atoms with E-state index in [1.165, 1.54) is 31.2 Å². The Kier molecular flexibility index (Phi) is 8.10. The quantitative estimate of drug-likeness (QED) is 0.256. The van der Waals surface area contributed by atoms with Gasteiger partial charge in [-0.1, -0.05) is 12.1 Å². The number of nitro groups is 1. The molecule has 13 heteroatoms. The van der Waals surface area contributed by atoms with E-state index in [9.17, 15) is 37.7 Å². The van der Waals surface area contributed by atoms with E-state index in [-0.39, 0.29) is 11.4 Å². The van der Waals surface area contributed by atoms with Crippen molar-refractivity contribution in [2.75, 3.05) is 18.5 Å². The van der Waals surface area contributed by atoms with Crippen molar-refractivity contribution in [2.45, 2.75) is 13.0 Å². The molecule has 2 aromatic rings. The highest BCUT2D eigenvalue weighted by Crippen LogP contribution is 2.25. The zero-order valence-electron chi connectivity index (χ0n) is 16.4. The lowest BCUT2D eigenvalue weighted by molar-refractivity contribution is -0.385. The number of anilines is 1. The first-order valence-corrected chi connectivity index (χ1v) is 8.87. The smallest absolute Gasteiger partial charge is 0.344 e. The number of hydrogen-bond acceptors (Lipinski definition) is 7. The zero-order chi connectivity index (χ0) is 23.8. The number of benzene rings is 2. The molecule has 2 aromatic carbocycles. The molecule has 2 rings (SSSR count). The molecule has 0 radical (unpaired) electrons. The first kappa shape index (κ1) is 24.1. The van der Waals surface area contributed by atoms with Crippen molar-refractivity contribution in [2.24, 2.45) is 0 Å². The molecule has 2 amide bonds. The number of amides is 2. The monoisotopic (exact) mass is 455 g/mol. The van der Waals surface area contributed by atoms with Crippen LogP contribution in [0.2, 0.25) is 0 Å². The number of nitro benzene ring substituents is 1. The summed E-state index contributed by atoms with van der Waals surface area (Å²) in [6.45, 7) is -0.227. The fraction of sp³-hybridized carbons (Fsp3) is 0.211. The minimum Gasteiger partial charge on any atom is -0.475 e. The minimum absolute atomic E-state index is 0.173. The maximum atomic E-state index is 13.5. The van der Waals surface area contributed by atoms with E-state index in [1.807, 2.05) is 5.32 Å². The number of halogens is 3. The minimum atomic E-state index is -1.77. The highest BCUT2D eigenvalue weighted by molar-refractivity contribution is 5.95. The van der Waals surface area contributed by atoms with Crippen LogP contribution >= 0.6 is 0 Å². The standard InChI is InChI=1S/C19H16F3N3O7/c1-10(32-16(27)9-31-14-5-3-2-4-13(14)25(29)30)19(28)23-8-15(26)24-12-7-6-11(20)17(21)18(12)22/h2-7,10H,8-9H2,1H3,(H,23,28)(H,24,26). The van der Waals surface area contributed by atoms with Gasteiger partial charge < -0.3 is 20.1 Å². The Morgan fingerprint density at radius 2 is 1.78 bits per heavy atom. The van der Waals surface area contributed by atoms with Crippen molar-refractivity contribution in [1.82, 2.24) is 5.32 Å². The first-order valence-electron chi connectivity index (χ1n) is 8.87. The first-order chi connectivity index (χ1) is 15.1. The molecular weight excluding hydrogens is 439 g/mol. The number of nitrogens with zero attached hydrogens (tertiary/aromatic N) is 1. The average Bonchev–Trinajstić information content (AvgIpc) is 2.76. The molecule has 0 heterocycles. The van der Waals surface area contributed by atoms with Crippen LogP contribution in [0.4, 0.5) is 24.5 Å². The molecule has 1 atom stereocenters. The summed E-state index contributed by atoms with van der Waals surface area (Å²) in [6, 6.07) is 6.73. The van der Waals surface area contributed by atoms with Crippen molar-refractivity contribution in [3.8, 4) is 5.75 Å². The Morgan fingerprint density at radius 3 is 2.47 bits per heavy atom. The third kappa shape index (κ3) is 6.42. The topological polar surface area (TPSA) is 137 Å². The molecule has 2 N–H and O–H groups in total. The van der Waals surface area contributed by atoms with Gasteiger partial charge in [-0.2, -0.15) is 0 Å². The highest BCUT2D eigenvalue weighted by atomic mass is 19.2. The number of esters is 1. The summed E-state index contributed by atoms with van der Waals surface area (Å²) in [5, 5.41) is 14.9. The van der Waals surface area contributed by atoms with E-state index in [1.54, 1.807) is 0 Å². The number of nitrogens with one attached hydrogen (secondary N) is 2. The van der Waals surface area contributed by atoms with Crippen molar-refractivity contribution >= 4 is 29.2 Å². The number of hydrogen-bond donors (Lipinski definition) is 2. The molecule has 0 aliphatic rings. The number of rotatable bonds is 9. The van der Waals surface area contributed by atoms with Crippen LogP contribution in [0.3, 0.4) is 0 Å². The van der Waals surface area contributed by atoms with Gasteiger partial charge in [-0.25, -0.2) is 18.0 Å². The van der Waals surface area contributed by atoms with Crippen LogP contribution in [0.5, 0.6) is 5.75 Å². The van der Waals surface area contributed by atoms with Gasteiger partial charge in [-0.3, -0.25) is 19.7 Å². The molecule has 0 bridgehead atoms. The van der Waals surface area contributed by atoms with E-state index >= 15 is 0 Å². The molecule has 170 valence electrons. The largest absolute Gasteiger partial charge is 0.475 e. The van der Waals surface area contributed by atoms with Gasteiger partial charge >= 0.3 is 11.7 Å². The zero-order valence-corrected chi connectivity index (χ0v) is 16.4. The van der Waals surface area contributed by atoms with E-state index in [2.05, 4.69) is 5.32 Å². The summed E-state index contributed by atoms with van der Waals surface area (Å²) < 4.78 is 49.4. The molecule has 1 unspecified atom stereocenters. The van der Waals surface area contributed by atoms with Crippen LogP contribution in [0, 0.1) is 27.6 Å². The molecule has 0 saturated heterocycles. The Hall–Kier alpha value is -4.16. The van der Waals surface area contributed by atoms with Gasteiger partial charge in [0.15, 0.2) is 35.9 Å². The Morgan fingerprint density at radius 1 is 1.09 bits per heavy atom. The van der Waals surface area contributed by atoms with Gasteiger partial charge in [-0.15, -0.1) is 0 Å². The van der Waals surface area contributed by atoms with Crippen LogP contribution in [-0.2, 0) is 19.1 Å². The van der Waals surface area contributed by atoms with E-state index in [4.69, 9.17) is 9.47 Å². The second kappa shape index (κ2) is 10.7. The third-order valence-electron chi connectivity index (χ3n) is 3.82. The van der Waals surface area contributed by atoms with Gasteiger partial charge in [-0.05, 0) is 25.1 Å². The second-order valence-corrected chi connectivity index (χ2v) is 6.13. The Balaban J connectivity index is 1.80. The van der Waals surface area contributed by atoms with Crippen molar-refractivity contribution < 1.29 is 42.0 Å². The number of para-hydroxylation sites is 2. The van der Waals surface area contributed by atoms with Gasteiger partial charge in [0.05, 0.1) is 17.2 Å². The lowest BCUT2D eigenvalue weighted by atomic mass is 10.2. The molecule has 0 aliphatic heterocycles. The third-order valence-corrected chi connectivity index (χ3v) is 3.82.